The Labute approximate surface area is 162 Å². The van der Waals surface area contributed by atoms with E-state index in [1.807, 2.05) is 59.8 Å². The molecule has 148 valence electrons. The summed E-state index contributed by atoms with van der Waals surface area (Å²) >= 11 is 0. The third-order valence-electron chi connectivity index (χ3n) is 4.71. The summed E-state index contributed by atoms with van der Waals surface area (Å²) in [5, 5.41) is 21.7. The topological polar surface area (TPSA) is 74.6 Å². The van der Waals surface area contributed by atoms with Crippen LogP contribution < -0.4 is 0 Å². The van der Waals surface area contributed by atoms with Gasteiger partial charge in [0.05, 0.1) is 5.41 Å². The summed E-state index contributed by atoms with van der Waals surface area (Å²) in [6.45, 7) is 12.8. The normalized spacial score (nSPS) is 16.2. The number of rotatable bonds is 7. The van der Waals surface area contributed by atoms with Gasteiger partial charge in [-0.3, -0.25) is 9.59 Å². The van der Waals surface area contributed by atoms with Crippen LogP contribution in [0.5, 0.6) is 0 Å². The number of hydrogen-bond donors (Lipinski definition) is 2. The molecule has 0 aromatic carbocycles. The standard InChI is InChI=1S/C23H32O4/c1-14(2)8-9-18-20(25)19(17(7)24)22(27)23(21(18)26,12-10-15(3)4)13-11-16(5)6/h8,10-11,25-26H,9,12-13H2,1-7H3. The highest BCUT2D eigenvalue weighted by Gasteiger charge is 2.49. The van der Waals surface area contributed by atoms with Gasteiger partial charge in [0.2, 0.25) is 0 Å². The Balaban J connectivity index is 3.78. The minimum absolute atomic E-state index is 0.137. The fourth-order valence-electron chi connectivity index (χ4n) is 3.05. The molecule has 0 unspecified atom stereocenters. The minimum atomic E-state index is -1.27. The van der Waals surface area contributed by atoms with Gasteiger partial charge in [-0.2, -0.15) is 0 Å². The van der Waals surface area contributed by atoms with Gasteiger partial charge in [0.1, 0.15) is 17.1 Å². The molecule has 0 spiro atoms. The molecule has 0 heterocycles. The Bertz CT molecular complexity index is 753. The number of ketones is 2. The van der Waals surface area contributed by atoms with Crippen LogP contribution in [0.3, 0.4) is 0 Å². The molecule has 4 nitrogen and oxygen atoms in total. The van der Waals surface area contributed by atoms with Crippen LogP contribution in [0, 0.1) is 5.41 Å². The largest absolute Gasteiger partial charge is 0.511 e. The quantitative estimate of drug-likeness (QED) is 0.435. The minimum Gasteiger partial charge on any atom is -0.511 e. The first-order valence-corrected chi connectivity index (χ1v) is 9.26. The van der Waals surface area contributed by atoms with Gasteiger partial charge >= 0.3 is 0 Å². The fourth-order valence-corrected chi connectivity index (χ4v) is 3.05. The van der Waals surface area contributed by atoms with E-state index in [-0.39, 0.29) is 36.2 Å². The molecule has 0 aromatic heterocycles. The van der Waals surface area contributed by atoms with Gasteiger partial charge in [0.25, 0.3) is 0 Å². The van der Waals surface area contributed by atoms with Gasteiger partial charge in [0.15, 0.2) is 11.6 Å². The van der Waals surface area contributed by atoms with Crippen molar-refractivity contribution >= 4 is 11.6 Å². The van der Waals surface area contributed by atoms with E-state index in [4.69, 9.17) is 0 Å². The summed E-state index contributed by atoms with van der Waals surface area (Å²) in [4.78, 5) is 25.5. The Hall–Kier alpha value is -2.36. The third-order valence-corrected chi connectivity index (χ3v) is 4.71. The summed E-state index contributed by atoms with van der Waals surface area (Å²) in [6.07, 6.45) is 6.45. The number of aliphatic hydroxyl groups is 2. The third kappa shape index (κ3) is 5.09. The highest BCUT2D eigenvalue weighted by Crippen LogP contribution is 2.46. The predicted molar refractivity (Wildman–Crippen MR) is 110 cm³/mol. The van der Waals surface area contributed by atoms with E-state index in [9.17, 15) is 19.8 Å². The molecule has 0 amide bonds. The molecule has 0 aromatic rings. The molecule has 0 saturated heterocycles. The van der Waals surface area contributed by atoms with Crippen molar-refractivity contribution in [3.63, 3.8) is 0 Å². The second-order valence-corrected chi connectivity index (χ2v) is 7.97. The molecular weight excluding hydrogens is 340 g/mol. The maximum absolute atomic E-state index is 13.3. The summed E-state index contributed by atoms with van der Waals surface area (Å²) in [5.74, 6) is -1.53. The van der Waals surface area contributed by atoms with Crippen LogP contribution >= 0.6 is 0 Å². The van der Waals surface area contributed by atoms with E-state index < -0.39 is 22.7 Å². The first-order valence-electron chi connectivity index (χ1n) is 9.26. The van der Waals surface area contributed by atoms with E-state index in [0.717, 1.165) is 16.7 Å². The molecule has 4 heteroatoms. The second kappa shape index (κ2) is 9.03. The van der Waals surface area contributed by atoms with Crippen molar-refractivity contribution in [3.8, 4) is 0 Å². The number of hydrogen-bond acceptors (Lipinski definition) is 4. The van der Waals surface area contributed by atoms with E-state index in [1.165, 1.54) is 6.92 Å². The molecule has 0 atom stereocenters. The molecule has 1 aliphatic rings. The van der Waals surface area contributed by atoms with E-state index in [1.54, 1.807) is 0 Å². The summed E-state index contributed by atoms with van der Waals surface area (Å²) in [6, 6.07) is 0. The predicted octanol–water partition coefficient (Wildman–Crippen LogP) is 5.84. The molecule has 1 rings (SSSR count). The molecule has 1 aliphatic carbocycles. The van der Waals surface area contributed by atoms with Crippen molar-refractivity contribution in [1.29, 1.82) is 0 Å². The van der Waals surface area contributed by atoms with Crippen LogP contribution in [-0.4, -0.2) is 21.8 Å². The zero-order chi connectivity index (χ0) is 20.9. The van der Waals surface area contributed by atoms with E-state index in [0.29, 0.717) is 0 Å². The lowest BCUT2D eigenvalue weighted by molar-refractivity contribution is -0.127. The van der Waals surface area contributed by atoms with E-state index in [2.05, 4.69) is 0 Å². The van der Waals surface area contributed by atoms with Crippen molar-refractivity contribution in [2.24, 2.45) is 5.41 Å². The maximum Gasteiger partial charge on any atom is 0.184 e. The smallest absolute Gasteiger partial charge is 0.184 e. The molecule has 0 radical (unpaired) electrons. The first kappa shape index (κ1) is 22.7. The average molecular weight is 373 g/mol. The zero-order valence-electron chi connectivity index (χ0n) is 17.6. The van der Waals surface area contributed by atoms with Gasteiger partial charge in [-0.15, -0.1) is 0 Å². The van der Waals surface area contributed by atoms with Gasteiger partial charge in [-0.25, -0.2) is 0 Å². The summed E-state index contributed by atoms with van der Waals surface area (Å²) < 4.78 is 0. The lowest BCUT2D eigenvalue weighted by Crippen LogP contribution is -2.40. The molecule has 0 saturated carbocycles. The first-order chi connectivity index (χ1) is 12.4. The highest BCUT2D eigenvalue weighted by molar-refractivity contribution is 6.23. The number of allylic oxidation sites excluding steroid dienone is 9. The Morgan fingerprint density at radius 2 is 1.30 bits per heavy atom. The molecule has 27 heavy (non-hydrogen) atoms. The lowest BCUT2D eigenvalue weighted by atomic mass is 9.67. The van der Waals surface area contributed by atoms with Crippen LogP contribution in [0.1, 0.15) is 67.7 Å². The van der Waals surface area contributed by atoms with Gasteiger partial charge in [0, 0.05) is 5.57 Å². The number of Topliss-reactive ketones (excluding diaryl/α,β-unsaturated/α-hetero) is 2. The van der Waals surface area contributed by atoms with Crippen LogP contribution in [0.25, 0.3) is 0 Å². The molecule has 0 bridgehead atoms. The van der Waals surface area contributed by atoms with Gasteiger partial charge in [-0.1, -0.05) is 34.9 Å². The monoisotopic (exact) mass is 372 g/mol. The van der Waals surface area contributed by atoms with Crippen LogP contribution in [0.15, 0.2) is 57.6 Å². The molecule has 0 fully saturated rings. The van der Waals surface area contributed by atoms with Crippen molar-refractivity contribution in [2.45, 2.75) is 67.7 Å². The maximum atomic E-state index is 13.3. The van der Waals surface area contributed by atoms with Crippen LogP contribution in [0.2, 0.25) is 0 Å². The van der Waals surface area contributed by atoms with Crippen molar-refractivity contribution in [1.82, 2.24) is 0 Å². The Morgan fingerprint density at radius 1 is 0.852 bits per heavy atom. The lowest BCUT2D eigenvalue weighted by Gasteiger charge is -2.36. The Morgan fingerprint density at radius 3 is 1.67 bits per heavy atom. The number of aliphatic hydroxyl groups excluding tert-OH is 2. The average Bonchev–Trinajstić information content (AvgIpc) is 2.53. The van der Waals surface area contributed by atoms with Gasteiger partial charge in [-0.05, 0) is 67.7 Å². The second-order valence-electron chi connectivity index (χ2n) is 7.97. The summed E-state index contributed by atoms with van der Waals surface area (Å²) in [5.41, 5.74) is 1.82. The van der Waals surface area contributed by atoms with E-state index >= 15 is 0 Å². The zero-order valence-corrected chi connectivity index (χ0v) is 17.6. The van der Waals surface area contributed by atoms with Crippen molar-refractivity contribution in [2.75, 3.05) is 0 Å². The SMILES string of the molecule is CC(=O)C1=C(O)C(CC=C(C)C)=C(O)C(CC=C(C)C)(CC=C(C)C)C1=O. The van der Waals surface area contributed by atoms with Crippen LogP contribution in [-0.2, 0) is 9.59 Å². The van der Waals surface area contributed by atoms with Crippen molar-refractivity contribution < 1.29 is 19.8 Å². The number of carbonyl (C=O) groups is 2. The fraction of sp³-hybridized carbons (Fsp3) is 0.478. The van der Waals surface area contributed by atoms with Gasteiger partial charge < -0.3 is 10.2 Å². The van der Waals surface area contributed by atoms with Crippen molar-refractivity contribution in [3.05, 3.63) is 57.6 Å². The molecular formula is C23H32O4. The molecule has 2 N–H and O–H groups in total. The van der Waals surface area contributed by atoms with Crippen LogP contribution in [0.4, 0.5) is 0 Å². The molecule has 0 aliphatic heterocycles. The summed E-state index contributed by atoms with van der Waals surface area (Å²) in [7, 11) is 0. The Kier molecular flexibility index (Phi) is 7.58. The highest BCUT2D eigenvalue weighted by atomic mass is 16.3. The number of carbonyl (C=O) groups excluding carboxylic acids is 2.